The van der Waals surface area contributed by atoms with E-state index in [0.717, 1.165) is 0 Å². The maximum absolute atomic E-state index is 5.67. The molecule has 1 fully saturated rings. The van der Waals surface area contributed by atoms with Crippen molar-refractivity contribution in [2.45, 2.75) is 45.7 Å². The summed E-state index contributed by atoms with van der Waals surface area (Å²) in [6, 6.07) is 0. The fourth-order valence-electron chi connectivity index (χ4n) is 1.47. The lowest BCUT2D eigenvalue weighted by Crippen LogP contribution is -2.31. The van der Waals surface area contributed by atoms with Crippen LogP contribution in [0.2, 0.25) is 0 Å². The first-order valence-corrected chi connectivity index (χ1v) is 7.12. The zero-order valence-corrected chi connectivity index (χ0v) is 12.2. The van der Waals surface area contributed by atoms with Gasteiger partial charge in [0, 0.05) is 0 Å². The van der Waals surface area contributed by atoms with Gasteiger partial charge in [-0.25, -0.2) is 0 Å². The SMILES string of the molecule is C#CC(OP(OCC)OCC)[C@@H]1COC(C)(C)O1. The summed E-state index contributed by atoms with van der Waals surface area (Å²) < 4.78 is 27.5. The van der Waals surface area contributed by atoms with Crippen molar-refractivity contribution in [2.24, 2.45) is 0 Å². The number of rotatable bonds is 7. The van der Waals surface area contributed by atoms with Crippen LogP contribution in [0.3, 0.4) is 0 Å². The Hall–Kier alpha value is -0.210. The lowest BCUT2D eigenvalue weighted by Gasteiger charge is -2.23. The van der Waals surface area contributed by atoms with Crippen LogP contribution in [-0.4, -0.2) is 37.8 Å². The molecule has 0 aromatic rings. The number of ether oxygens (including phenoxy) is 2. The molecule has 0 aromatic carbocycles. The Kier molecular flexibility index (Phi) is 6.51. The Morgan fingerprint density at radius 1 is 1.39 bits per heavy atom. The number of hydrogen-bond acceptors (Lipinski definition) is 5. The van der Waals surface area contributed by atoms with E-state index in [1.807, 2.05) is 27.7 Å². The molecule has 6 heteroatoms. The van der Waals surface area contributed by atoms with Crippen molar-refractivity contribution in [2.75, 3.05) is 19.8 Å². The van der Waals surface area contributed by atoms with Gasteiger partial charge in [0.05, 0.1) is 19.8 Å². The first-order chi connectivity index (χ1) is 8.52. The molecule has 0 radical (unpaired) electrons. The summed E-state index contributed by atoms with van der Waals surface area (Å²) in [7, 11) is -1.43. The highest BCUT2D eigenvalue weighted by Crippen LogP contribution is 2.42. The zero-order chi connectivity index (χ0) is 13.6. The summed E-state index contributed by atoms with van der Waals surface area (Å²) >= 11 is 0. The zero-order valence-electron chi connectivity index (χ0n) is 11.3. The van der Waals surface area contributed by atoms with Crippen LogP contribution in [0.1, 0.15) is 27.7 Å². The van der Waals surface area contributed by atoms with Gasteiger partial charge in [0.1, 0.15) is 6.10 Å². The van der Waals surface area contributed by atoms with Crippen LogP contribution in [-0.2, 0) is 23.0 Å². The third-order valence-electron chi connectivity index (χ3n) is 2.20. The fraction of sp³-hybridized carbons (Fsp3) is 0.833. The van der Waals surface area contributed by atoms with Gasteiger partial charge in [-0.1, -0.05) is 5.92 Å². The summed E-state index contributed by atoms with van der Waals surface area (Å²) in [4.78, 5) is 0. The molecular weight excluding hydrogens is 255 g/mol. The Labute approximate surface area is 110 Å². The largest absolute Gasteiger partial charge is 0.348 e. The molecule has 0 aromatic heterocycles. The van der Waals surface area contributed by atoms with E-state index >= 15 is 0 Å². The van der Waals surface area contributed by atoms with E-state index in [4.69, 9.17) is 29.5 Å². The van der Waals surface area contributed by atoms with Crippen molar-refractivity contribution in [3.63, 3.8) is 0 Å². The highest BCUT2D eigenvalue weighted by molar-refractivity contribution is 7.41. The minimum atomic E-state index is -1.43. The fourth-order valence-corrected chi connectivity index (χ4v) is 2.47. The van der Waals surface area contributed by atoms with E-state index in [1.165, 1.54) is 0 Å². The molecule has 0 spiro atoms. The van der Waals surface area contributed by atoms with Gasteiger partial charge in [-0.3, -0.25) is 4.52 Å². The minimum absolute atomic E-state index is 0.295. The first-order valence-electron chi connectivity index (χ1n) is 6.03. The van der Waals surface area contributed by atoms with Crippen LogP contribution in [0.15, 0.2) is 0 Å². The molecule has 0 bridgehead atoms. The topological polar surface area (TPSA) is 46.2 Å². The van der Waals surface area contributed by atoms with Crippen molar-refractivity contribution in [1.82, 2.24) is 0 Å². The maximum Gasteiger partial charge on any atom is 0.333 e. The quantitative estimate of drug-likeness (QED) is 0.528. The summed E-state index contributed by atoms with van der Waals surface area (Å²) in [6.45, 7) is 8.86. The average Bonchev–Trinajstić information content (AvgIpc) is 2.67. The third-order valence-corrected chi connectivity index (χ3v) is 3.54. The van der Waals surface area contributed by atoms with Crippen molar-refractivity contribution in [3.8, 4) is 12.3 Å². The third kappa shape index (κ3) is 4.81. The molecular formula is C12H21O5P. The number of hydrogen-bond donors (Lipinski definition) is 0. The maximum atomic E-state index is 5.67. The predicted octanol–water partition coefficient (Wildman–Crippen LogP) is 2.46. The summed E-state index contributed by atoms with van der Waals surface area (Å²) in [5, 5.41) is 0. The van der Waals surface area contributed by atoms with Gasteiger partial charge in [0.2, 0.25) is 0 Å². The smallest absolute Gasteiger partial charge is 0.333 e. The molecule has 1 aliphatic rings. The molecule has 0 N–H and O–H groups in total. The van der Waals surface area contributed by atoms with E-state index in [0.29, 0.717) is 19.8 Å². The highest BCUT2D eigenvalue weighted by atomic mass is 31.2. The Balaban J connectivity index is 2.53. The second-order valence-electron chi connectivity index (χ2n) is 4.12. The van der Waals surface area contributed by atoms with Crippen LogP contribution < -0.4 is 0 Å². The lowest BCUT2D eigenvalue weighted by molar-refractivity contribution is -0.145. The van der Waals surface area contributed by atoms with E-state index in [-0.39, 0.29) is 6.10 Å². The van der Waals surface area contributed by atoms with E-state index in [1.54, 1.807) is 0 Å². The van der Waals surface area contributed by atoms with Crippen LogP contribution in [0.5, 0.6) is 0 Å². The van der Waals surface area contributed by atoms with Crippen molar-refractivity contribution >= 4 is 8.60 Å². The Bertz CT molecular complexity index is 283. The molecule has 18 heavy (non-hydrogen) atoms. The van der Waals surface area contributed by atoms with Crippen molar-refractivity contribution in [1.29, 1.82) is 0 Å². The normalized spacial score (nSPS) is 24.1. The monoisotopic (exact) mass is 276 g/mol. The van der Waals surface area contributed by atoms with Gasteiger partial charge in [0.25, 0.3) is 0 Å². The lowest BCUT2D eigenvalue weighted by atomic mass is 10.2. The van der Waals surface area contributed by atoms with Gasteiger partial charge in [0.15, 0.2) is 11.9 Å². The molecule has 1 aliphatic heterocycles. The summed E-state index contributed by atoms with van der Waals surface area (Å²) in [5.41, 5.74) is 0. The molecule has 1 heterocycles. The van der Waals surface area contributed by atoms with Gasteiger partial charge >= 0.3 is 8.60 Å². The highest BCUT2D eigenvalue weighted by Gasteiger charge is 2.38. The van der Waals surface area contributed by atoms with Gasteiger partial charge < -0.3 is 18.5 Å². The first kappa shape index (κ1) is 15.8. The molecule has 1 rings (SSSR count). The molecule has 0 aliphatic carbocycles. The Morgan fingerprint density at radius 3 is 2.39 bits per heavy atom. The molecule has 1 saturated heterocycles. The molecule has 5 nitrogen and oxygen atoms in total. The van der Waals surface area contributed by atoms with E-state index in [9.17, 15) is 0 Å². The van der Waals surface area contributed by atoms with Gasteiger partial charge in [-0.15, -0.1) is 6.42 Å². The second-order valence-corrected chi connectivity index (χ2v) is 5.29. The summed E-state index contributed by atoms with van der Waals surface area (Å²) in [6.07, 6.45) is 4.64. The predicted molar refractivity (Wildman–Crippen MR) is 68.8 cm³/mol. The van der Waals surface area contributed by atoms with Crippen LogP contribution in [0.4, 0.5) is 0 Å². The molecule has 104 valence electrons. The second kappa shape index (κ2) is 7.40. The van der Waals surface area contributed by atoms with Gasteiger partial charge in [-0.2, -0.15) is 0 Å². The van der Waals surface area contributed by atoms with Crippen molar-refractivity contribution in [3.05, 3.63) is 0 Å². The van der Waals surface area contributed by atoms with Crippen LogP contribution in [0, 0.1) is 12.3 Å². The van der Waals surface area contributed by atoms with E-state index < -0.39 is 20.5 Å². The standard InChI is InChI=1S/C12H21O5P/c1-6-10(11-9-13-12(4,5)16-11)17-18(14-7-2)15-8-3/h1,10-11H,7-9H2,2-5H3/t10?,11-/m0/s1. The van der Waals surface area contributed by atoms with Crippen molar-refractivity contribution < 1.29 is 23.0 Å². The van der Waals surface area contributed by atoms with Crippen LogP contribution in [0.25, 0.3) is 0 Å². The molecule has 0 amide bonds. The number of terminal acetylenes is 1. The van der Waals surface area contributed by atoms with Gasteiger partial charge in [-0.05, 0) is 27.7 Å². The summed E-state index contributed by atoms with van der Waals surface area (Å²) in [5.74, 6) is 1.94. The van der Waals surface area contributed by atoms with E-state index in [2.05, 4.69) is 5.92 Å². The molecule has 2 atom stereocenters. The average molecular weight is 276 g/mol. The van der Waals surface area contributed by atoms with Crippen LogP contribution >= 0.6 is 8.60 Å². The molecule has 1 unspecified atom stereocenters. The Morgan fingerprint density at radius 2 is 2.00 bits per heavy atom. The molecule has 0 saturated carbocycles. The minimum Gasteiger partial charge on any atom is -0.348 e.